The summed E-state index contributed by atoms with van der Waals surface area (Å²) in [7, 11) is 1.54. The first kappa shape index (κ1) is 19.0. The van der Waals surface area contributed by atoms with Crippen LogP contribution in [0, 0.1) is 23.7 Å². The highest BCUT2D eigenvalue weighted by Crippen LogP contribution is 2.52. The smallest absolute Gasteiger partial charge is 0.254 e. The van der Waals surface area contributed by atoms with Crippen molar-refractivity contribution in [2.24, 2.45) is 28.8 Å². The number of rotatable bonds is 6. The standard InChI is InChI=1S/C21H23ClN2O4/c1-4-11(2)28-19-14(8-15(22)9-16(19)27-3)10-23-24-20(25)17-12-5-6-13(7-12)18(17)21(24)26/h5-6,8-13,17-18H,4,7H2,1-3H3/t11-,12-,13-,17-,18+/m0/s1. The topological polar surface area (TPSA) is 68.2 Å². The molecule has 0 unspecified atom stereocenters. The number of hydrazone groups is 1. The third kappa shape index (κ3) is 3.00. The zero-order chi connectivity index (χ0) is 20.0. The van der Waals surface area contributed by atoms with E-state index in [9.17, 15) is 9.59 Å². The Hall–Kier alpha value is -2.34. The van der Waals surface area contributed by atoms with Crippen molar-refractivity contribution < 1.29 is 19.1 Å². The number of imide groups is 1. The monoisotopic (exact) mass is 402 g/mol. The van der Waals surface area contributed by atoms with E-state index in [-0.39, 0.29) is 41.6 Å². The molecule has 148 valence electrons. The molecule has 28 heavy (non-hydrogen) atoms. The molecule has 1 aromatic rings. The Labute approximate surface area is 169 Å². The minimum Gasteiger partial charge on any atom is -0.493 e. The molecule has 2 amide bonds. The SMILES string of the molecule is CC[C@H](C)Oc1c(C=NN2C(=O)[C@@H]3[C@H](C2=O)[C@H]2C=C[C@H]3C2)cc(Cl)cc1OC. The van der Waals surface area contributed by atoms with Crippen LogP contribution in [-0.2, 0) is 9.59 Å². The number of carbonyl (C=O) groups is 2. The molecule has 5 atom stereocenters. The third-order valence-electron chi connectivity index (χ3n) is 5.92. The van der Waals surface area contributed by atoms with Gasteiger partial charge in [-0.25, -0.2) is 0 Å². The van der Waals surface area contributed by atoms with E-state index < -0.39 is 0 Å². The van der Waals surface area contributed by atoms with Crippen LogP contribution >= 0.6 is 11.6 Å². The summed E-state index contributed by atoms with van der Waals surface area (Å²) in [5.74, 6) is 0.291. The average Bonchev–Trinajstić information content (AvgIpc) is 3.36. The van der Waals surface area contributed by atoms with Gasteiger partial charge in [0, 0.05) is 16.7 Å². The molecule has 0 N–H and O–H groups in total. The predicted molar refractivity (Wildman–Crippen MR) is 106 cm³/mol. The number of halogens is 1. The molecule has 2 bridgehead atoms. The Morgan fingerprint density at radius 3 is 2.46 bits per heavy atom. The van der Waals surface area contributed by atoms with Crippen molar-refractivity contribution >= 4 is 29.6 Å². The van der Waals surface area contributed by atoms with Gasteiger partial charge in [-0.15, -0.1) is 0 Å². The highest BCUT2D eigenvalue weighted by atomic mass is 35.5. The first-order chi connectivity index (χ1) is 13.4. The van der Waals surface area contributed by atoms with Gasteiger partial charge in [0.05, 0.1) is 31.3 Å². The average molecular weight is 403 g/mol. The minimum absolute atomic E-state index is 0.0432. The van der Waals surface area contributed by atoms with Crippen molar-refractivity contribution in [3.05, 3.63) is 34.9 Å². The van der Waals surface area contributed by atoms with Crippen LogP contribution in [0.1, 0.15) is 32.3 Å². The van der Waals surface area contributed by atoms with Crippen LogP contribution in [-0.4, -0.2) is 36.3 Å². The molecule has 1 aliphatic heterocycles. The number of benzene rings is 1. The molecule has 7 heteroatoms. The Morgan fingerprint density at radius 2 is 1.89 bits per heavy atom. The molecular formula is C21H23ClN2O4. The molecule has 0 spiro atoms. The maximum absolute atomic E-state index is 12.8. The molecule has 2 aliphatic carbocycles. The molecule has 1 saturated carbocycles. The van der Waals surface area contributed by atoms with E-state index in [0.29, 0.717) is 22.1 Å². The number of nitrogens with zero attached hydrogens (tertiary/aromatic N) is 2. The van der Waals surface area contributed by atoms with E-state index in [1.54, 1.807) is 12.1 Å². The Balaban J connectivity index is 1.64. The summed E-state index contributed by atoms with van der Waals surface area (Å²) in [5, 5.41) is 5.70. The first-order valence-electron chi connectivity index (χ1n) is 9.58. The number of allylic oxidation sites excluding steroid dienone is 2. The summed E-state index contributed by atoms with van der Waals surface area (Å²) in [5.41, 5.74) is 0.559. The summed E-state index contributed by atoms with van der Waals surface area (Å²) in [6, 6.07) is 3.35. The number of amides is 2. The number of ether oxygens (including phenoxy) is 2. The largest absolute Gasteiger partial charge is 0.493 e. The number of hydrogen-bond donors (Lipinski definition) is 0. The van der Waals surface area contributed by atoms with Gasteiger partial charge in [-0.3, -0.25) is 9.59 Å². The van der Waals surface area contributed by atoms with Crippen molar-refractivity contribution in [2.45, 2.75) is 32.8 Å². The van der Waals surface area contributed by atoms with E-state index in [2.05, 4.69) is 17.3 Å². The first-order valence-corrected chi connectivity index (χ1v) is 9.96. The molecular weight excluding hydrogens is 380 g/mol. The summed E-state index contributed by atoms with van der Waals surface area (Å²) < 4.78 is 11.4. The van der Waals surface area contributed by atoms with Gasteiger partial charge in [-0.1, -0.05) is 30.7 Å². The fourth-order valence-electron chi connectivity index (χ4n) is 4.37. The van der Waals surface area contributed by atoms with Gasteiger partial charge in [-0.2, -0.15) is 10.1 Å². The minimum atomic E-state index is -0.274. The predicted octanol–water partition coefficient (Wildman–Crippen LogP) is 3.67. The number of carbonyl (C=O) groups excluding carboxylic acids is 2. The van der Waals surface area contributed by atoms with Gasteiger partial charge >= 0.3 is 0 Å². The van der Waals surface area contributed by atoms with Crippen molar-refractivity contribution in [1.29, 1.82) is 0 Å². The third-order valence-corrected chi connectivity index (χ3v) is 6.14. The second-order valence-electron chi connectivity index (χ2n) is 7.60. The van der Waals surface area contributed by atoms with Crippen molar-refractivity contribution in [1.82, 2.24) is 5.01 Å². The molecule has 1 aromatic carbocycles. The molecule has 1 heterocycles. The van der Waals surface area contributed by atoms with Crippen LogP contribution in [0.25, 0.3) is 0 Å². The van der Waals surface area contributed by atoms with E-state index in [4.69, 9.17) is 21.1 Å². The zero-order valence-corrected chi connectivity index (χ0v) is 16.8. The van der Waals surface area contributed by atoms with E-state index in [1.165, 1.54) is 13.3 Å². The maximum atomic E-state index is 12.8. The van der Waals surface area contributed by atoms with Crippen LogP contribution in [0.5, 0.6) is 11.5 Å². The fraction of sp³-hybridized carbons (Fsp3) is 0.476. The van der Waals surface area contributed by atoms with Crippen LogP contribution in [0.15, 0.2) is 29.4 Å². The second kappa shape index (κ2) is 7.24. The van der Waals surface area contributed by atoms with Crippen molar-refractivity contribution in [3.8, 4) is 11.5 Å². The zero-order valence-electron chi connectivity index (χ0n) is 16.1. The number of hydrogen-bond acceptors (Lipinski definition) is 5. The van der Waals surface area contributed by atoms with E-state index >= 15 is 0 Å². The second-order valence-corrected chi connectivity index (χ2v) is 8.03. The Kier molecular flexibility index (Phi) is 4.91. The lowest BCUT2D eigenvalue weighted by molar-refractivity contribution is -0.140. The Bertz CT molecular complexity index is 851. The molecule has 0 radical (unpaired) electrons. The van der Waals surface area contributed by atoms with Crippen LogP contribution in [0.3, 0.4) is 0 Å². The molecule has 0 aromatic heterocycles. The maximum Gasteiger partial charge on any atom is 0.254 e. The van der Waals surface area contributed by atoms with E-state index in [0.717, 1.165) is 17.9 Å². The van der Waals surface area contributed by atoms with Gasteiger partial charge in [0.25, 0.3) is 11.8 Å². The van der Waals surface area contributed by atoms with Crippen LogP contribution < -0.4 is 9.47 Å². The van der Waals surface area contributed by atoms with Crippen molar-refractivity contribution in [2.75, 3.05) is 7.11 Å². The van der Waals surface area contributed by atoms with Gasteiger partial charge in [0.2, 0.25) is 0 Å². The van der Waals surface area contributed by atoms with Gasteiger partial charge in [0.1, 0.15) is 0 Å². The van der Waals surface area contributed by atoms with Gasteiger partial charge in [0.15, 0.2) is 11.5 Å². The highest BCUT2D eigenvalue weighted by Gasteiger charge is 2.59. The van der Waals surface area contributed by atoms with E-state index in [1.807, 2.05) is 13.8 Å². The number of methoxy groups -OCH3 is 1. The van der Waals surface area contributed by atoms with Gasteiger partial charge < -0.3 is 9.47 Å². The quantitative estimate of drug-likeness (QED) is 0.413. The molecule has 6 nitrogen and oxygen atoms in total. The van der Waals surface area contributed by atoms with Crippen LogP contribution in [0.2, 0.25) is 5.02 Å². The Morgan fingerprint density at radius 1 is 1.25 bits per heavy atom. The fourth-order valence-corrected chi connectivity index (χ4v) is 4.58. The molecule has 4 rings (SSSR count). The molecule has 1 saturated heterocycles. The lowest BCUT2D eigenvalue weighted by Gasteiger charge is -2.18. The normalized spacial score (nSPS) is 29.1. The summed E-state index contributed by atoms with van der Waals surface area (Å²) in [6.45, 7) is 3.97. The highest BCUT2D eigenvalue weighted by molar-refractivity contribution is 6.31. The van der Waals surface area contributed by atoms with Gasteiger partial charge in [-0.05, 0) is 37.7 Å². The van der Waals surface area contributed by atoms with Crippen molar-refractivity contribution in [3.63, 3.8) is 0 Å². The molecule has 2 fully saturated rings. The molecule has 3 aliphatic rings. The lowest BCUT2D eigenvalue weighted by atomic mass is 9.85. The number of fused-ring (bicyclic) bond motifs is 5. The van der Waals surface area contributed by atoms with Crippen LogP contribution in [0.4, 0.5) is 0 Å². The summed E-state index contributed by atoms with van der Waals surface area (Å²) in [4.78, 5) is 25.6. The summed E-state index contributed by atoms with van der Waals surface area (Å²) >= 11 is 6.20. The lowest BCUT2D eigenvalue weighted by Crippen LogP contribution is -2.28. The summed E-state index contributed by atoms with van der Waals surface area (Å²) in [6.07, 6.45) is 7.23.